The largest absolute Gasteiger partial charge is 0.371 e. The van der Waals surface area contributed by atoms with Crippen molar-refractivity contribution >= 4 is 11.3 Å². The normalized spacial score (nSPS) is 11.3. The molecule has 0 radical (unpaired) electrons. The standard InChI is InChI=1S/C11H18N2OS/c1-3-5-6-14-8-10-9-15-11(13-10)7-12-4-2/h3,5,9,12H,4,6-8H2,1-2H3. The Morgan fingerprint density at radius 2 is 2.47 bits per heavy atom. The molecule has 0 amide bonds. The Labute approximate surface area is 95.2 Å². The maximum Gasteiger partial charge on any atom is 0.107 e. The molecule has 0 fully saturated rings. The van der Waals surface area contributed by atoms with Crippen molar-refractivity contribution in [2.24, 2.45) is 0 Å². The van der Waals surface area contributed by atoms with E-state index >= 15 is 0 Å². The zero-order chi connectivity index (χ0) is 10.9. The second-order valence-corrected chi connectivity index (χ2v) is 4.04. The van der Waals surface area contributed by atoms with E-state index in [1.165, 1.54) is 0 Å². The van der Waals surface area contributed by atoms with E-state index in [-0.39, 0.29) is 0 Å². The van der Waals surface area contributed by atoms with Crippen molar-refractivity contribution < 1.29 is 4.74 Å². The SMILES string of the molecule is CC=CCOCc1csc(CNCC)n1. The molecule has 1 heterocycles. The molecule has 0 aliphatic rings. The minimum Gasteiger partial charge on any atom is -0.371 e. The van der Waals surface area contributed by atoms with Crippen molar-refractivity contribution in [3.8, 4) is 0 Å². The van der Waals surface area contributed by atoms with Gasteiger partial charge >= 0.3 is 0 Å². The molecule has 1 aromatic heterocycles. The summed E-state index contributed by atoms with van der Waals surface area (Å²) in [6.45, 7) is 7.18. The average Bonchev–Trinajstić information content (AvgIpc) is 2.69. The van der Waals surface area contributed by atoms with E-state index in [2.05, 4.69) is 22.6 Å². The van der Waals surface area contributed by atoms with Crippen LogP contribution in [0.25, 0.3) is 0 Å². The highest BCUT2D eigenvalue weighted by atomic mass is 32.1. The van der Waals surface area contributed by atoms with Crippen LogP contribution in [0.15, 0.2) is 17.5 Å². The summed E-state index contributed by atoms with van der Waals surface area (Å²) >= 11 is 1.68. The van der Waals surface area contributed by atoms with Crippen molar-refractivity contribution in [1.29, 1.82) is 0 Å². The van der Waals surface area contributed by atoms with Gasteiger partial charge in [-0.1, -0.05) is 19.1 Å². The van der Waals surface area contributed by atoms with Crippen LogP contribution in [0, 0.1) is 0 Å². The highest BCUT2D eigenvalue weighted by Gasteiger charge is 2.00. The minimum absolute atomic E-state index is 0.604. The van der Waals surface area contributed by atoms with Gasteiger partial charge in [-0.3, -0.25) is 0 Å². The fraction of sp³-hybridized carbons (Fsp3) is 0.545. The molecule has 1 aromatic rings. The number of hydrogen-bond donors (Lipinski definition) is 1. The lowest BCUT2D eigenvalue weighted by Crippen LogP contribution is -2.11. The van der Waals surface area contributed by atoms with E-state index in [0.717, 1.165) is 23.8 Å². The summed E-state index contributed by atoms with van der Waals surface area (Å²) in [5.74, 6) is 0. The van der Waals surface area contributed by atoms with E-state index in [4.69, 9.17) is 4.74 Å². The number of aromatic nitrogens is 1. The Kier molecular flexibility index (Phi) is 6.23. The molecule has 84 valence electrons. The molecule has 0 spiro atoms. The first kappa shape index (κ1) is 12.4. The van der Waals surface area contributed by atoms with Crippen LogP contribution in [0.5, 0.6) is 0 Å². The fourth-order valence-corrected chi connectivity index (χ4v) is 1.80. The number of rotatable bonds is 7. The van der Waals surface area contributed by atoms with Gasteiger partial charge in [-0.05, 0) is 13.5 Å². The van der Waals surface area contributed by atoms with E-state index in [1.54, 1.807) is 11.3 Å². The smallest absolute Gasteiger partial charge is 0.107 e. The molecule has 0 bridgehead atoms. The molecule has 1 rings (SSSR count). The topological polar surface area (TPSA) is 34.1 Å². The van der Waals surface area contributed by atoms with Crippen molar-refractivity contribution in [2.45, 2.75) is 27.0 Å². The molecule has 0 saturated heterocycles. The molecule has 3 nitrogen and oxygen atoms in total. The molecule has 1 N–H and O–H groups in total. The van der Waals surface area contributed by atoms with Crippen molar-refractivity contribution in [1.82, 2.24) is 10.3 Å². The number of nitrogens with zero attached hydrogens (tertiary/aromatic N) is 1. The van der Waals surface area contributed by atoms with Crippen LogP contribution in [0.4, 0.5) is 0 Å². The van der Waals surface area contributed by atoms with Crippen LogP contribution < -0.4 is 5.32 Å². The van der Waals surface area contributed by atoms with E-state index in [1.807, 2.05) is 19.1 Å². The quantitative estimate of drug-likeness (QED) is 0.572. The Morgan fingerprint density at radius 1 is 1.60 bits per heavy atom. The first-order valence-electron chi connectivity index (χ1n) is 5.19. The molecule has 0 aliphatic heterocycles. The van der Waals surface area contributed by atoms with Crippen LogP contribution in [-0.4, -0.2) is 18.1 Å². The Bertz CT molecular complexity index is 297. The summed E-state index contributed by atoms with van der Waals surface area (Å²) in [6.07, 6.45) is 3.98. The average molecular weight is 226 g/mol. The second-order valence-electron chi connectivity index (χ2n) is 3.10. The highest BCUT2D eigenvalue weighted by molar-refractivity contribution is 7.09. The number of nitrogens with one attached hydrogen (secondary N) is 1. The molecule has 15 heavy (non-hydrogen) atoms. The summed E-state index contributed by atoms with van der Waals surface area (Å²) < 4.78 is 5.41. The molecule has 0 atom stereocenters. The zero-order valence-electron chi connectivity index (χ0n) is 9.32. The first-order chi connectivity index (χ1) is 7.36. The third-order valence-corrected chi connectivity index (χ3v) is 2.72. The Morgan fingerprint density at radius 3 is 3.20 bits per heavy atom. The molecule has 0 saturated carbocycles. The molecule has 0 aromatic carbocycles. The molecule has 0 aliphatic carbocycles. The maximum atomic E-state index is 5.41. The predicted molar refractivity (Wildman–Crippen MR) is 64.0 cm³/mol. The van der Waals surface area contributed by atoms with Crippen LogP contribution in [0.3, 0.4) is 0 Å². The third-order valence-electron chi connectivity index (χ3n) is 1.83. The lowest BCUT2D eigenvalue weighted by atomic mass is 10.5. The number of thiazole rings is 1. The van der Waals surface area contributed by atoms with Gasteiger partial charge in [0.15, 0.2) is 0 Å². The summed E-state index contributed by atoms with van der Waals surface area (Å²) in [5, 5.41) is 6.43. The lowest BCUT2D eigenvalue weighted by molar-refractivity contribution is 0.146. The van der Waals surface area contributed by atoms with Gasteiger partial charge in [-0.25, -0.2) is 4.98 Å². The molecular formula is C11H18N2OS. The van der Waals surface area contributed by atoms with Gasteiger partial charge in [0.1, 0.15) is 5.01 Å². The molecular weight excluding hydrogens is 208 g/mol. The third kappa shape index (κ3) is 5.06. The summed E-state index contributed by atoms with van der Waals surface area (Å²) in [6, 6.07) is 0. The predicted octanol–water partition coefficient (Wildman–Crippen LogP) is 2.35. The minimum atomic E-state index is 0.604. The van der Waals surface area contributed by atoms with Gasteiger partial charge in [-0.2, -0.15) is 0 Å². The van der Waals surface area contributed by atoms with E-state index < -0.39 is 0 Å². The zero-order valence-corrected chi connectivity index (χ0v) is 10.1. The fourth-order valence-electron chi connectivity index (χ4n) is 1.06. The first-order valence-corrected chi connectivity index (χ1v) is 6.07. The van der Waals surface area contributed by atoms with Crippen LogP contribution >= 0.6 is 11.3 Å². The number of hydrogen-bond acceptors (Lipinski definition) is 4. The Balaban J connectivity index is 2.26. The van der Waals surface area contributed by atoms with E-state index in [9.17, 15) is 0 Å². The van der Waals surface area contributed by atoms with Crippen molar-refractivity contribution in [2.75, 3.05) is 13.2 Å². The van der Waals surface area contributed by atoms with Crippen LogP contribution in [0.2, 0.25) is 0 Å². The monoisotopic (exact) mass is 226 g/mol. The van der Waals surface area contributed by atoms with E-state index in [0.29, 0.717) is 13.2 Å². The van der Waals surface area contributed by atoms with Gasteiger partial charge in [0, 0.05) is 11.9 Å². The number of ether oxygens (including phenoxy) is 1. The summed E-state index contributed by atoms with van der Waals surface area (Å²) in [7, 11) is 0. The second kappa shape index (κ2) is 7.56. The lowest BCUT2D eigenvalue weighted by Gasteiger charge is -1.97. The number of allylic oxidation sites excluding steroid dienone is 1. The van der Waals surface area contributed by atoms with Gasteiger partial charge in [0.2, 0.25) is 0 Å². The van der Waals surface area contributed by atoms with Crippen molar-refractivity contribution in [3.05, 3.63) is 28.2 Å². The summed E-state index contributed by atoms with van der Waals surface area (Å²) in [4.78, 5) is 4.45. The van der Waals surface area contributed by atoms with Gasteiger partial charge in [0.25, 0.3) is 0 Å². The maximum absolute atomic E-state index is 5.41. The molecule has 4 heteroatoms. The van der Waals surface area contributed by atoms with Gasteiger partial charge in [-0.15, -0.1) is 11.3 Å². The van der Waals surface area contributed by atoms with Crippen LogP contribution in [0.1, 0.15) is 24.5 Å². The Hall–Kier alpha value is -0.710. The summed E-state index contributed by atoms with van der Waals surface area (Å²) in [5.41, 5.74) is 1.03. The van der Waals surface area contributed by atoms with Crippen LogP contribution in [-0.2, 0) is 17.9 Å². The van der Waals surface area contributed by atoms with Gasteiger partial charge in [0.05, 0.1) is 18.9 Å². The van der Waals surface area contributed by atoms with Crippen molar-refractivity contribution in [3.63, 3.8) is 0 Å². The molecule has 0 unspecified atom stereocenters. The highest BCUT2D eigenvalue weighted by Crippen LogP contribution is 2.10. The van der Waals surface area contributed by atoms with Gasteiger partial charge < -0.3 is 10.1 Å².